The molecule has 4 amide bonds. The SMILES string of the molecule is CC(C(=O)Nc1ccc(C(=O)Nc2nc(-c3ccccc3)ccc2NC(=O)O)cc1)N1CCCC1=O. The van der Waals surface area contributed by atoms with Crippen LogP contribution in [0.5, 0.6) is 0 Å². The van der Waals surface area contributed by atoms with E-state index in [1.54, 1.807) is 30.0 Å². The number of hydrogen-bond donors (Lipinski definition) is 4. The predicted molar refractivity (Wildman–Crippen MR) is 135 cm³/mol. The Labute approximate surface area is 207 Å². The van der Waals surface area contributed by atoms with Gasteiger partial charge in [-0.15, -0.1) is 0 Å². The van der Waals surface area contributed by atoms with E-state index in [0.717, 1.165) is 12.0 Å². The van der Waals surface area contributed by atoms with Crippen LogP contribution in [0.15, 0.2) is 66.7 Å². The van der Waals surface area contributed by atoms with Gasteiger partial charge in [0.2, 0.25) is 11.8 Å². The van der Waals surface area contributed by atoms with Crippen LogP contribution in [0, 0.1) is 0 Å². The molecule has 10 heteroatoms. The van der Waals surface area contributed by atoms with Crippen molar-refractivity contribution in [3.8, 4) is 11.3 Å². The van der Waals surface area contributed by atoms with Crippen LogP contribution in [-0.2, 0) is 9.59 Å². The van der Waals surface area contributed by atoms with Crippen molar-refractivity contribution in [1.82, 2.24) is 9.88 Å². The number of carbonyl (C=O) groups is 4. The summed E-state index contributed by atoms with van der Waals surface area (Å²) in [6, 6.07) is 18.1. The first-order chi connectivity index (χ1) is 17.3. The average Bonchev–Trinajstić information content (AvgIpc) is 3.31. The van der Waals surface area contributed by atoms with E-state index in [9.17, 15) is 19.2 Å². The van der Waals surface area contributed by atoms with Crippen molar-refractivity contribution in [2.45, 2.75) is 25.8 Å². The molecule has 36 heavy (non-hydrogen) atoms. The van der Waals surface area contributed by atoms with Crippen molar-refractivity contribution in [3.05, 3.63) is 72.3 Å². The highest BCUT2D eigenvalue weighted by Gasteiger charge is 2.29. The van der Waals surface area contributed by atoms with Crippen LogP contribution in [0.4, 0.5) is 22.0 Å². The van der Waals surface area contributed by atoms with Gasteiger partial charge in [0, 0.05) is 29.8 Å². The topological polar surface area (TPSA) is 141 Å². The van der Waals surface area contributed by atoms with Gasteiger partial charge in [0.05, 0.1) is 11.4 Å². The Morgan fingerprint density at radius 2 is 1.67 bits per heavy atom. The lowest BCUT2D eigenvalue weighted by Crippen LogP contribution is -2.42. The van der Waals surface area contributed by atoms with Crippen LogP contribution in [0.25, 0.3) is 11.3 Å². The zero-order valence-electron chi connectivity index (χ0n) is 19.5. The van der Waals surface area contributed by atoms with Gasteiger partial charge in [0.15, 0.2) is 5.82 Å². The van der Waals surface area contributed by atoms with E-state index in [1.165, 1.54) is 18.2 Å². The predicted octanol–water partition coefficient (Wildman–Crippen LogP) is 4.04. The molecular weight excluding hydrogens is 462 g/mol. The van der Waals surface area contributed by atoms with Gasteiger partial charge in [0.25, 0.3) is 5.91 Å². The molecular formula is C26H25N5O5. The lowest BCUT2D eigenvalue weighted by molar-refractivity contribution is -0.134. The molecule has 3 aromatic rings. The Morgan fingerprint density at radius 1 is 0.944 bits per heavy atom. The number of aromatic nitrogens is 1. The average molecular weight is 488 g/mol. The van der Waals surface area contributed by atoms with Crippen LogP contribution >= 0.6 is 0 Å². The number of likely N-dealkylation sites (tertiary alicyclic amines) is 1. The van der Waals surface area contributed by atoms with Gasteiger partial charge in [-0.2, -0.15) is 0 Å². The molecule has 0 radical (unpaired) electrons. The van der Waals surface area contributed by atoms with E-state index in [2.05, 4.69) is 20.9 Å². The van der Waals surface area contributed by atoms with Gasteiger partial charge in [-0.25, -0.2) is 9.78 Å². The second-order valence-electron chi connectivity index (χ2n) is 8.28. The molecule has 2 heterocycles. The van der Waals surface area contributed by atoms with Crippen molar-refractivity contribution in [1.29, 1.82) is 0 Å². The fourth-order valence-corrected chi connectivity index (χ4v) is 3.89. The molecule has 10 nitrogen and oxygen atoms in total. The summed E-state index contributed by atoms with van der Waals surface area (Å²) in [6.45, 7) is 2.24. The number of nitrogens with zero attached hydrogens (tertiary/aromatic N) is 2. The summed E-state index contributed by atoms with van der Waals surface area (Å²) >= 11 is 0. The second kappa shape index (κ2) is 10.7. The Kier molecular flexibility index (Phi) is 7.24. The Hall–Kier alpha value is -4.73. The summed E-state index contributed by atoms with van der Waals surface area (Å²) in [5.41, 5.74) is 2.26. The maximum atomic E-state index is 12.9. The lowest BCUT2D eigenvalue weighted by atomic mass is 10.1. The summed E-state index contributed by atoms with van der Waals surface area (Å²) in [7, 11) is 0. The molecule has 0 aliphatic carbocycles. The smallest absolute Gasteiger partial charge is 0.409 e. The van der Waals surface area contributed by atoms with E-state index in [0.29, 0.717) is 24.3 Å². The number of carboxylic acid groups (broad SMARTS) is 1. The number of hydrogen-bond acceptors (Lipinski definition) is 5. The Bertz CT molecular complexity index is 1290. The Morgan fingerprint density at radius 3 is 2.31 bits per heavy atom. The van der Waals surface area contributed by atoms with Gasteiger partial charge < -0.3 is 20.6 Å². The van der Waals surface area contributed by atoms with Gasteiger partial charge >= 0.3 is 6.09 Å². The van der Waals surface area contributed by atoms with Gasteiger partial charge in [-0.05, 0) is 49.7 Å². The molecule has 1 unspecified atom stereocenters. The highest BCUT2D eigenvalue weighted by atomic mass is 16.4. The van der Waals surface area contributed by atoms with E-state index in [4.69, 9.17) is 5.11 Å². The van der Waals surface area contributed by atoms with Crippen LogP contribution in [0.3, 0.4) is 0 Å². The van der Waals surface area contributed by atoms with Crippen molar-refractivity contribution >= 4 is 41.0 Å². The fourth-order valence-electron chi connectivity index (χ4n) is 3.89. The number of carbonyl (C=O) groups excluding carboxylic acids is 3. The minimum absolute atomic E-state index is 0.0358. The third kappa shape index (κ3) is 5.66. The number of pyridine rings is 1. The molecule has 0 spiro atoms. The van der Waals surface area contributed by atoms with Crippen LogP contribution in [0.2, 0.25) is 0 Å². The van der Waals surface area contributed by atoms with E-state index < -0.39 is 18.0 Å². The van der Waals surface area contributed by atoms with E-state index in [-0.39, 0.29) is 28.9 Å². The highest BCUT2D eigenvalue weighted by molar-refractivity contribution is 6.06. The quantitative estimate of drug-likeness (QED) is 0.396. The van der Waals surface area contributed by atoms with E-state index >= 15 is 0 Å². The van der Waals surface area contributed by atoms with Crippen LogP contribution in [0.1, 0.15) is 30.1 Å². The normalized spacial score (nSPS) is 13.7. The van der Waals surface area contributed by atoms with Crippen LogP contribution < -0.4 is 16.0 Å². The summed E-state index contributed by atoms with van der Waals surface area (Å²) in [4.78, 5) is 54.5. The third-order valence-corrected chi connectivity index (χ3v) is 5.81. The van der Waals surface area contributed by atoms with Crippen molar-refractivity contribution in [2.75, 3.05) is 22.5 Å². The molecule has 1 saturated heterocycles. The number of anilines is 3. The minimum atomic E-state index is -1.29. The van der Waals surface area contributed by atoms with Gasteiger partial charge in [-0.3, -0.25) is 19.7 Å². The molecule has 1 aromatic heterocycles. The maximum absolute atomic E-state index is 12.9. The molecule has 1 aliphatic heterocycles. The number of amides is 4. The molecule has 1 fully saturated rings. The monoisotopic (exact) mass is 487 g/mol. The first-order valence-corrected chi connectivity index (χ1v) is 11.4. The third-order valence-electron chi connectivity index (χ3n) is 5.81. The van der Waals surface area contributed by atoms with Crippen molar-refractivity contribution in [3.63, 3.8) is 0 Å². The minimum Gasteiger partial charge on any atom is -0.465 e. The fraction of sp³-hybridized carbons (Fsp3) is 0.192. The second-order valence-corrected chi connectivity index (χ2v) is 8.28. The molecule has 1 atom stereocenters. The molecule has 4 rings (SSSR count). The summed E-state index contributed by atoms with van der Waals surface area (Å²) < 4.78 is 0. The molecule has 0 saturated carbocycles. The molecule has 4 N–H and O–H groups in total. The molecule has 184 valence electrons. The van der Waals surface area contributed by atoms with Gasteiger partial charge in [0.1, 0.15) is 6.04 Å². The van der Waals surface area contributed by atoms with E-state index in [1.807, 2.05) is 30.3 Å². The zero-order valence-corrected chi connectivity index (χ0v) is 19.5. The van der Waals surface area contributed by atoms with Crippen LogP contribution in [-0.4, -0.2) is 51.4 Å². The first-order valence-electron chi connectivity index (χ1n) is 11.4. The van der Waals surface area contributed by atoms with Gasteiger partial charge in [-0.1, -0.05) is 30.3 Å². The number of benzene rings is 2. The summed E-state index contributed by atoms with van der Waals surface area (Å²) in [5.74, 6) is -0.791. The maximum Gasteiger partial charge on any atom is 0.409 e. The number of rotatable bonds is 7. The number of nitrogens with one attached hydrogen (secondary N) is 3. The first kappa shape index (κ1) is 24.4. The lowest BCUT2D eigenvalue weighted by Gasteiger charge is -2.23. The zero-order chi connectivity index (χ0) is 25.7. The summed E-state index contributed by atoms with van der Waals surface area (Å²) in [5, 5.41) is 16.8. The Balaban J connectivity index is 1.47. The van der Waals surface area contributed by atoms with Crippen molar-refractivity contribution in [2.24, 2.45) is 0 Å². The standard InChI is InChI=1S/C26H25N5O5/c1-16(31-15-5-8-22(31)32)24(33)27-19-11-9-18(10-12-19)25(34)30-23-21(29-26(35)36)14-13-20(28-23)17-6-3-2-4-7-17/h2-4,6-7,9-14,16,29H,5,8,15H2,1H3,(H,27,33)(H,35,36)(H,28,30,34). The molecule has 2 aromatic carbocycles. The highest BCUT2D eigenvalue weighted by Crippen LogP contribution is 2.26. The largest absolute Gasteiger partial charge is 0.465 e. The summed E-state index contributed by atoms with van der Waals surface area (Å²) in [6.07, 6.45) is -0.0916. The molecule has 0 bridgehead atoms. The van der Waals surface area contributed by atoms with Crippen molar-refractivity contribution < 1.29 is 24.3 Å². The molecule has 1 aliphatic rings.